The molecule has 3 rings (SSSR count). The zero-order chi connectivity index (χ0) is 16.6. The molecule has 0 aliphatic heterocycles. The molecule has 1 N–H and O–H groups in total. The van der Waals surface area contributed by atoms with Crippen LogP contribution in [0.2, 0.25) is 0 Å². The number of aryl methyl sites for hydroxylation is 3. The number of hydrogen-bond donors (Lipinski definition) is 1. The number of amides is 1. The predicted octanol–water partition coefficient (Wildman–Crippen LogP) is 2.80. The van der Waals surface area contributed by atoms with Gasteiger partial charge in [-0.3, -0.25) is 9.59 Å². The minimum absolute atomic E-state index is 0.105. The number of rotatable bonds is 2. The van der Waals surface area contributed by atoms with Crippen molar-refractivity contribution >= 4 is 22.6 Å². The smallest absolute Gasteiger partial charge is 0.282 e. The Morgan fingerprint density at radius 3 is 2.65 bits per heavy atom. The Balaban J connectivity index is 2.06. The molecule has 3 aromatic rings. The Morgan fingerprint density at radius 2 is 1.87 bits per heavy atom. The Morgan fingerprint density at radius 1 is 1.13 bits per heavy atom. The van der Waals surface area contributed by atoms with Crippen LogP contribution in [0.1, 0.15) is 21.6 Å². The van der Waals surface area contributed by atoms with Gasteiger partial charge in [-0.05, 0) is 43.2 Å². The third-order valence-corrected chi connectivity index (χ3v) is 3.84. The van der Waals surface area contributed by atoms with Crippen LogP contribution in [0.25, 0.3) is 11.0 Å². The highest BCUT2D eigenvalue weighted by atomic mass is 16.2. The molecule has 0 spiro atoms. The molecule has 0 aliphatic rings. The van der Waals surface area contributed by atoms with Gasteiger partial charge in [0.25, 0.3) is 11.5 Å². The average molecular weight is 307 g/mol. The van der Waals surface area contributed by atoms with Gasteiger partial charge in [0.1, 0.15) is 0 Å². The molecule has 0 bridgehead atoms. The summed E-state index contributed by atoms with van der Waals surface area (Å²) in [6.45, 7) is 3.85. The van der Waals surface area contributed by atoms with Crippen LogP contribution in [0.5, 0.6) is 0 Å². The summed E-state index contributed by atoms with van der Waals surface area (Å²) < 4.78 is 1.44. The monoisotopic (exact) mass is 307 g/mol. The Bertz CT molecular complexity index is 974. The topological polar surface area (TPSA) is 64.0 Å². The van der Waals surface area contributed by atoms with Gasteiger partial charge in [0.2, 0.25) is 0 Å². The maximum absolute atomic E-state index is 12.5. The van der Waals surface area contributed by atoms with Crippen molar-refractivity contribution in [3.8, 4) is 0 Å². The molecule has 2 aromatic carbocycles. The number of nitrogens with zero attached hydrogens (tertiary/aromatic N) is 2. The van der Waals surface area contributed by atoms with Crippen LogP contribution in [0, 0.1) is 13.8 Å². The fraction of sp³-hybridized carbons (Fsp3) is 0.167. The van der Waals surface area contributed by atoms with Gasteiger partial charge >= 0.3 is 0 Å². The first-order valence-electron chi connectivity index (χ1n) is 7.32. The standard InChI is InChI=1S/C18H17N3O2/c1-11-8-9-12(2)14(10-11)20-17(22)16-18(23)21(3)15-7-5-4-6-13(15)19-16/h4-10H,1-3H3,(H,20,22). The third kappa shape index (κ3) is 2.73. The minimum Gasteiger partial charge on any atom is -0.320 e. The number of nitrogens with one attached hydrogen (secondary N) is 1. The van der Waals surface area contributed by atoms with Crippen molar-refractivity contribution in [2.24, 2.45) is 7.05 Å². The van der Waals surface area contributed by atoms with Crippen LogP contribution in [0.3, 0.4) is 0 Å². The molecule has 1 amide bonds. The summed E-state index contributed by atoms with van der Waals surface area (Å²) in [5.41, 5.74) is 3.44. The SMILES string of the molecule is Cc1ccc(C)c(NC(=O)c2nc3ccccc3n(C)c2=O)c1. The second-order valence-electron chi connectivity index (χ2n) is 5.59. The highest BCUT2D eigenvalue weighted by molar-refractivity contribution is 6.04. The summed E-state index contributed by atoms with van der Waals surface area (Å²) in [4.78, 5) is 29.2. The van der Waals surface area contributed by atoms with Crippen LogP contribution in [-0.2, 0) is 7.05 Å². The second kappa shape index (κ2) is 5.68. The number of carbonyl (C=O) groups excluding carboxylic acids is 1. The van der Waals surface area contributed by atoms with Gasteiger partial charge in [0.15, 0.2) is 5.69 Å². The molecule has 1 heterocycles. The Labute approximate surface area is 133 Å². The van der Waals surface area contributed by atoms with Gasteiger partial charge < -0.3 is 9.88 Å². The van der Waals surface area contributed by atoms with E-state index in [0.717, 1.165) is 11.1 Å². The number of para-hydroxylation sites is 2. The summed E-state index contributed by atoms with van der Waals surface area (Å²) >= 11 is 0. The lowest BCUT2D eigenvalue weighted by molar-refractivity contribution is 0.102. The number of aromatic nitrogens is 2. The first-order valence-corrected chi connectivity index (χ1v) is 7.32. The van der Waals surface area contributed by atoms with Gasteiger partial charge in [-0.1, -0.05) is 24.3 Å². The predicted molar refractivity (Wildman–Crippen MR) is 90.9 cm³/mol. The summed E-state index contributed by atoms with van der Waals surface area (Å²) in [5, 5.41) is 2.79. The summed E-state index contributed by atoms with van der Waals surface area (Å²) in [6.07, 6.45) is 0. The van der Waals surface area contributed by atoms with E-state index >= 15 is 0 Å². The maximum atomic E-state index is 12.5. The molecular formula is C18H17N3O2. The van der Waals surface area contributed by atoms with Gasteiger partial charge in [-0.25, -0.2) is 4.98 Å². The molecular weight excluding hydrogens is 290 g/mol. The van der Waals surface area contributed by atoms with Gasteiger partial charge in [-0.15, -0.1) is 0 Å². The molecule has 5 heteroatoms. The molecule has 5 nitrogen and oxygen atoms in total. The van der Waals surface area contributed by atoms with E-state index < -0.39 is 11.5 Å². The van der Waals surface area contributed by atoms with E-state index in [-0.39, 0.29) is 5.69 Å². The largest absolute Gasteiger partial charge is 0.320 e. The Kier molecular flexibility index (Phi) is 3.70. The van der Waals surface area contributed by atoms with E-state index in [2.05, 4.69) is 10.3 Å². The molecule has 0 saturated carbocycles. The van der Waals surface area contributed by atoms with Gasteiger partial charge in [0, 0.05) is 12.7 Å². The molecule has 23 heavy (non-hydrogen) atoms. The first-order chi connectivity index (χ1) is 11.0. The zero-order valence-electron chi connectivity index (χ0n) is 13.3. The van der Waals surface area contributed by atoms with Crippen LogP contribution in [-0.4, -0.2) is 15.5 Å². The lowest BCUT2D eigenvalue weighted by atomic mass is 10.1. The van der Waals surface area contributed by atoms with E-state index in [1.807, 2.05) is 44.2 Å². The normalized spacial score (nSPS) is 10.7. The molecule has 0 fully saturated rings. The van der Waals surface area contributed by atoms with Crippen LogP contribution in [0.4, 0.5) is 5.69 Å². The minimum atomic E-state index is -0.495. The van der Waals surface area contributed by atoms with Crippen molar-refractivity contribution in [1.82, 2.24) is 9.55 Å². The number of carbonyl (C=O) groups is 1. The lowest BCUT2D eigenvalue weighted by Gasteiger charge is -2.10. The molecule has 0 aliphatic carbocycles. The van der Waals surface area contributed by atoms with E-state index in [4.69, 9.17) is 0 Å². The van der Waals surface area contributed by atoms with Crippen LogP contribution in [0.15, 0.2) is 47.3 Å². The first kappa shape index (κ1) is 15.0. The summed E-state index contributed by atoms with van der Waals surface area (Å²) in [7, 11) is 1.64. The third-order valence-electron chi connectivity index (χ3n) is 3.84. The highest BCUT2D eigenvalue weighted by Crippen LogP contribution is 2.17. The number of fused-ring (bicyclic) bond motifs is 1. The fourth-order valence-corrected chi connectivity index (χ4v) is 2.48. The quantitative estimate of drug-likeness (QED) is 0.792. The van der Waals surface area contributed by atoms with E-state index in [9.17, 15) is 9.59 Å². The van der Waals surface area contributed by atoms with E-state index in [0.29, 0.717) is 16.7 Å². The molecule has 0 atom stereocenters. The zero-order valence-corrected chi connectivity index (χ0v) is 13.3. The van der Waals surface area contributed by atoms with Crippen molar-refractivity contribution in [2.45, 2.75) is 13.8 Å². The highest BCUT2D eigenvalue weighted by Gasteiger charge is 2.16. The van der Waals surface area contributed by atoms with E-state index in [1.54, 1.807) is 19.2 Å². The van der Waals surface area contributed by atoms with Gasteiger partial charge in [0.05, 0.1) is 11.0 Å². The number of benzene rings is 2. The molecule has 0 saturated heterocycles. The lowest BCUT2D eigenvalue weighted by Crippen LogP contribution is -2.30. The van der Waals surface area contributed by atoms with Crippen molar-refractivity contribution in [3.63, 3.8) is 0 Å². The summed E-state index contributed by atoms with van der Waals surface area (Å²) in [6, 6.07) is 13.0. The number of anilines is 1. The van der Waals surface area contributed by atoms with E-state index in [1.165, 1.54) is 4.57 Å². The summed E-state index contributed by atoms with van der Waals surface area (Å²) in [5.74, 6) is -0.495. The second-order valence-corrected chi connectivity index (χ2v) is 5.59. The van der Waals surface area contributed by atoms with Crippen molar-refractivity contribution < 1.29 is 4.79 Å². The molecule has 116 valence electrons. The Hall–Kier alpha value is -2.95. The average Bonchev–Trinajstić information content (AvgIpc) is 2.54. The fourth-order valence-electron chi connectivity index (χ4n) is 2.48. The van der Waals surface area contributed by atoms with Crippen LogP contribution >= 0.6 is 0 Å². The van der Waals surface area contributed by atoms with Crippen molar-refractivity contribution in [3.05, 3.63) is 69.6 Å². The number of hydrogen-bond acceptors (Lipinski definition) is 3. The maximum Gasteiger partial charge on any atom is 0.282 e. The molecule has 0 unspecified atom stereocenters. The van der Waals surface area contributed by atoms with Gasteiger partial charge in [-0.2, -0.15) is 0 Å². The van der Waals surface area contributed by atoms with Crippen LogP contribution < -0.4 is 10.9 Å². The van der Waals surface area contributed by atoms with Crippen molar-refractivity contribution in [1.29, 1.82) is 0 Å². The molecule has 1 aromatic heterocycles. The van der Waals surface area contributed by atoms with Crippen molar-refractivity contribution in [2.75, 3.05) is 5.32 Å². The molecule has 0 radical (unpaired) electrons.